The Morgan fingerprint density at radius 3 is 2.92 bits per heavy atom. The largest absolute Gasteiger partial charge is 0.496 e. The summed E-state index contributed by atoms with van der Waals surface area (Å²) in [6.07, 6.45) is 4.79. The van der Waals surface area contributed by atoms with E-state index in [2.05, 4.69) is 48.3 Å². The fourth-order valence-electron chi connectivity index (χ4n) is 4.46. The molecule has 0 aromatic heterocycles. The summed E-state index contributed by atoms with van der Waals surface area (Å²) in [5.74, 6) is 1.68. The predicted octanol–water partition coefficient (Wildman–Crippen LogP) is 4.32. The van der Waals surface area contributed by atoms with E-state index >= 15 is 0 Å². The second kappa shape index (κ2) is 7.81. The number of methoxy groups -OCH3 is 1. The maximum Gasteiger partial charge on any atom is 0.122 e. The maximum atomic E-state index is 5.58. The number of hydrogen-bond donors (Lipinski definition) is 0. The minimum atomic E-state index is 0.618. The van der Waals surface area contributed by atoms with E-state index in [0.29, 0.717) is 5.92 Å². The third-order valence-corrected chi connectivity index (χ3v) is 5.91. The second-order valence-corrected chi connectivity index (χ2v) is 7.73. The molecule has 2 aromatic rings. The van der Waals surface area contributed by atoms with Crippen molar-refractivity contribution < 1.29 is 9.47 Å². The molecule has 2 aliphatic rings. The first-order valence-electron chi connectivity index (χ1n) is 9.77. The molecule has 0 fully saturated rings. The Kier molecular flexibility index (Phi) is 5.28. The Balaban J connectivity index is 1.38. The summed E-state index contributed by atoms with van der Waals surface area (Å²) < 4.78 is 11.1. The van der Waals surface area contributed by atoms with Crippen LogP contribution in [0.4, 0.5) is 0 Å². The summed E-state index contributed by atoms with van der Waals surface area (Å²) in [5.41, 5.74) is 7.08. The molecule has 0 N–H and O–H groups in total. The first kappa shape index (κ1) is 17.6. The van der Waals surface area contributed by atoms with Gasteiger partial charge in [0.05, 0.1) is 20.3 Å². The summed E-state index contributed by atoms with van der Waals surface area (Å²) in [6.45, 7) is 3.77. The van der Waals surface area contributed by atoms with Crippen molar-refractivity contribution in [1.29, 1.82) is 0 Å². The van der Waals surface area contributed by atoms with E-state index < -0.39 is 0 Å². The molecule has 138 valence electrons. The van der Waals surface area contributed by atoms with Crippen LogP contribution in [0.25, 0.3) is 0 Å². The highest BCUT2D eigenvalue weighted by molar-refractivity contribution is 5.43. The van der Waals surface area contributed by atoms with Crippen molar-refractivity contribution in [3.8, 4) is 5.75 Å². The summed E-state index contributed by atoms with van der Waals surface area (Å²) in [5, 5.41) is 0. The third kappa shape index (κ3) is 3.65. The molecule has 1 aliphatic carbocycles. The zero-order valence-electron chi connectivity index (χ0n) is 16.0. The molecule has 2 aromatic carbocycles. The van der Waals surface area contributed by atoms with Gasteiger partial charge in [0.15, 0.2) is 0 Å². The van der Waals surface area contributed by atoms with Gasteiger partial charge in [0.1, 0.15) is 5.75 Å². The van der Waals surface area contributed by atoms with Gasteiger partial charge in [0.25, 0.3) is 0 Å². The summed E-state index contributed by atoms with van der Waals surface area (Å²) in [7, 11) is 4.04. The first-order valence-corrected chi connectivity index (χ1v) is 9.77. The van der Waals surface area contributed by atoms with Crippen molar-refractivity contribution in [3.63, 3.8) is 0 Å². The number of rotatable bonds is 6. The van der Waals surface area contributed by atoms with Crippen LogP contribution >= 0.6 is 0 Å². The van der Waals surface area contributed by atoms with E-state index in [-0.39, 0.29) is 0 Å². The zero-order chi connectivity index (χ0) is 17.9. The smallest absolute Gasteiger partial charge is 0.122 e. The van der Waals surface area contributed by atoms with Crippen LogP contribution in [-0.4, -0.2) is 32.1 Å². The van der Waals surface area contributed by atoms with Crippen LogP contribution in [-0.2, 0) is 30.8 Å². The van der Waals surface area contributed by atoms with Crippen LogP contribution in [0.5, 0.6) is 5.75 Å². The highest BCUT2D eigenvalue weighted by Crippen LogP contribution is 2.36. The second-order valence-electron chi connectivity index (χ2n) is 7.73. The average Bonchev–Trinajstić information content (AvgIpc) is 3.14. The molecule has 1 aliphatic heterocycles. The highest BCUT2D eigenvalue weighted by Gasteiger charge is 2.23. The van der Waals surface area contributed by atoms with Crippen LogP contribution in [0.2, 0.25) is 0 Å². The predicted molar refractivity (Wildman–Crippen MR) is 105 cm³/mol. The summed E-state index contributed by atoms with van der Waals surface area (Å²) in [4.78, 5) is 2.49. The SMILES string of the molecule is COc1cccc2c1CCC[C@H]2CN(C)CCc1ccc2c(c1)COC2. The normalized spacial score (nSPS) is 18.7. The van der Waals surface area contributed by atoms with Gasteiger partial charge in [-0.2, -0.15) is 0 Å². The van der Waals surface area contributed by atoms with Gasteiger partial charge in [-0.3, -0.25) is 0 Å². The van der Waals surface area contributed by atoms with E-state index in [0.717, 1.165) is 44.9 Å². The van der Waals surface area contributed by atoms with Crippen molar-refractivity contribution in [2.24, 2.45) is 0 Å². The molecule has 0 radical (unpaired) electrons. The Hall–Kier alpha value is -1.84. The number of benzene rings is 2. The standard InChI is InChI=1S/C23H29NO2/c1-24(12-11-17-9-10-19-15-26-16-20(19)13-17)14-18-5-3-7-22-21(18)6-4-8-23(22)25-2/h4,6,8-10,13,18H,3,5,7,11-12,14-16H2,1-2H3/t18-/m0/s1. The van der Waals surface area contributed by atoms with E-state index in [9.17, 15) is 0 Å². The van der Waals surface area contributed by atoms with Crippen molar-refractivity contribution in [2.45, 2.75) is 44.8 Å². The lowest BCUT2D eigenvalue weighted by atomic mass is 9.82. The summed E-state index contributed by atoms with van der Waals surface area (Å²) >= 11 is 0. The molecular formula is C23H29NO2. The number of ether oxygens (including phenoxy) is 2. The molecular weight excluding hydrogens is 322 g/mol. The van der Waals surface area contributed by atoms with Gasteiger partial charge in [0.2, 0.25) is 0 Å². The first-order chi connectivity index (χ1) is 12.7. The fraction of sp³-hybridized carbons (Fsp3) is 0.478. The third-order valence-electron chi connectivity index (χ3n) is 5.91. The molecule has 1 heterocycles. The zero-order valence-corrected chi connectivity index (χ0v) is 16.0. The van der Waals surface area contributed by atoms with Crippen molar-refractivity contribution in [3.05, 3.63) is 64.2 Å². The van der Waals surface area contributed by atoms with Crippen LogP contribution in [0.15, 0.2) is 36.4 Å². The lowest BCUT2D eigenvalue weighted by Gasteiger charge is -2.30. The Morgan fingerprint density at radius 2 is 2.04 bits per heavy atom. The van der Waals surface area contributed by atoms with Crippen LogP contribution in [0, 0.1) is 0 Å². The molecule has 0 bridgehead atoms. The quantitative estimate of drug-likeness (QED) is 0.774. The molecule has 0 saturated heterocycles. The lowest BCUT2D eigenvalue weighted by Crippen LogP contribution is -2.28. The van der Waals surface area contributed by atoms with Gasteiger partial charge in [-0.05, 0) is 72.5 Å². The van der Waals surface area contributed by atoms with Gasteiger partial charge < -0.3 is 14.4 Å². The monoisotopic (exact) mass is 351 g/mol. The Labute approximate surface area is 156 Å². The fourth-order valence-corrected chi connectivity index (χ4v) is 4.46. The van der Waals surface area contributed by atoms with Crippen molar-refractivity contribution >= 4 is 0 Å². The van der Waals surface area contributed by atoms with E-state index in [1.165, 1.54) is 40.7 Å². The number of nitrogens with zero attached hydrogens (tertiary/aromatic N) is 1. The topological polar surface area (TPSA) is 21.7 Å². The minimum Gasteiger partial charge on any atom is -0.496 e. The molecule has 0 spiro atoms. The molecule has 26 heavy (non-hydrogen) atoms. The van der Waals surface area contributed by atoms with Gasteiger partial charge in [-0.25, -0.2) is 0 Å². The molecule has 3 nitrogen and oxygen atoms in total. The summed E-state index contributed by atoms with van der Waals surface area (Å²) in [6, 6.07) is 13.4. The van der Waals surface area contributed by atoms with Crippen molar-refractivity contribution in [1.82, 2.24) is 4.90 Å². The number of likely N-dealkylation sites (N-methyl/N-ethyl adjacent to an activating group) is 1. The molecule has 3 heteroatoms. The van der Waals surface area contributed by atoms with Crippen LogP contribution in [0.3, 0.4) is 0 Å². The maximum absolute atomic E-state index is 5.58. The van der Waals surface area contributed by atoms with E-state index in [1.807, 2.05) is 0 Å². The molecule has 0 amide bonds. The molecule has 0 saturated carbocycles. The molecule has 1 atom stereocenters. The van der Waals surface area contributed by atoms with Gasteiger partial charge in [0, 0.05) is 13.1 Å². The van der Waals surface area contributed by atoms with Gasteiger partial charge >= 0.3 is 0 Å². The van der Waals surface area contributed by atoms with Gasteiger partial charge in [-0.15, -0.1) is 0 Å². The molecule has 4 rings (SSSR count). The van der Waals surface area contributed by atoms with Gasteiger partial charge in [-0.1, -0.05) is 30.3 Å². The van der Waals surface area contributed by atoms with Crippen molar-refractivity contribution in [2.75, 3.05) is 27.2 Å². The number of hydrogen-bond acceptors (Lipinski definition) is 3. The van der Waals surface area contributed by atoms with E-state index in [4.69, 9.17) is 9.47 Å². The Morgan fingerprint density at radius 1 is 1.15 bits per heavy atom. The Bertz CT molecular complexity index is 771. The highest BCUT2D eigenvalue weighted by atomic mass is 16.5. The minimum absolute atomic E-state index is 0.618. The average molecular weight is 351 g/mol. The van der Waals surface area contributed by atoms with E-state index in [1.54, 1.807) is 7.11 Å². The van der Waals surface area contributed by atoms with Crippen LogP contribution < -0.4 is 4.74 Å². The number of fused-ring (bicyclic) bond motifs is 2. The lowest BCUT2D eigenvalue weighted by molar-refractivity contribution is 0.134. The molecule has 0 unspecified atom stereocenters. The van der Waals surface area contributed by atoms with Crippen LogP contribution in [0.1, 0.15) is 46.6 Å².